The van der Waals surface area contributed by atoms with Crippen molar-refractivity contribution in [3.63, 3.8) is 0 Å². The fourth-order valence-corrected chi connectivity index (χ4v) is 2.82. The molecule has 0 atom stereocenters. The van der Waals surface area contributed by atoms with Crippen LogP contribution in [0, 0.1) is 0 Å². The van der Waals surface area contributed by atoms with Crippen molar-refractivity contribution in [2.45, 2.75) is 24.9 Å². The maximum Gasteiger partial charge on any atom is 0.356 e. The molecule has 0 aromatic carbocycles. The van der Waals surface area contributed by atoms with Crippen LogP contribution >= 0.6 is 11.8 Å². The fraction of sp³-hybridized carbons (Fsp3) is 0.667. The molecule has 1 aliphatic rings. The number of nitrogens with zero attached hydrogens (tertiary/aromatic N) is 2. The average Bonchev–Trinajstić information content (AvgIpc) is 3.00. The van der Waals surface area contributed by atoms with Crippen LogP contribution in [-0.2, 0) is 4.74 Å². The lowest BCUT2D eigenvalue weighted by molar-refractivity contribution is 0.0519. The van der Waals surface area contributed by atoms with Gasteiger partial charge in [0.15, 0.2) is 5.16 Å². The van der Waals surface area contributed by atoms with E-state index in [1.165, 1.54) is 32.1 Å². The van der Waals surface area contributed by atoms with Gasteiger partial charge >= 0.3 is 5.97 Å². The molecule has 0 radical (unpaired) electrons. The van der Waals surface area contributed by atoms with Gasteiger partial charge in [-0.15, -0.1) is 0 Å². The molecule has 1 fully saturated rings. The van der Waals surface area contributed by atoms with Gasteiger partial charge in [-0.05, 0) is 32.9 Å². The Kier molecular flexibility index (Phi) is 5.07. The highest BCUT2D eigenvalue weighted by atomic mass is 32.2. The molecule has 2 rings (SSSR count). The number of hydrogen-bond donors (Lipinski definition) is 1. The van der Waals surface area contributed by atoms with E-state index >= 15 is 0 Å². The van der Waals surface area contributed by atoms with Gasteiger partial charge in [-0.3, -0.25) is 0 Å². The number of ether oxygens (including phenoxy) is 1. The number of H-pyrrole nitrogens is 1. The first-order chi connectivity index (χ1) is 8.79. The Labute approximate surface area is 111 Å². The highest BCUT2D eigenvalue weighted by Crippen LogP contribution is 2.15. The summed E-state index contributed by atoms with van der Waals surface area (Å²) in [4.78, 5) is 21.0. The molecule has 18 heavy (non-hydrogen) atoms. The van der Waals surface area contributed by atoms with E-state index in [0.717, 1.165) is 17.5 Å². The number of esters is 1. The maximum atomic E-state index is 11.4. The van der Waals surface area contributed by atoms with E-state index in [4.69, 9.17) is 4.74 Å². The monoisotopic (exact) mass is 269 g/mol. The summed E-state index contributed by atoms with van der Waals surface area (Å²) in [5, 5.41) is 0.789. The Balaban J connectivity index is 1.74. The average molecular weight is 269 g/mol. The van der Waals surface area contributed by atoms with Crippen molar-refractivity contribution in [2.75, 3.05) is 32.0 Å². The summed E-state index contributed by atoms with van der Waals surface area (Å²) in [6, 6.07) is 0. The van der Waals surface area contributed by atoms with Gasteiger partial charge in [-0.1, -0.05) is 11.8 Å². The van der Waals surface area contributed by atoms with E-state index in [1.807, 2.05) is 0 Å². The van der Waals surface area contributed by atoms with Crippen molar-refractivity contribution < 1.29 is 9.53 Å². The van der Waals surface area contributed by atoms with Crippen LogP contribution in [-0.4, -0.2) is 52.8 Å². The molecule has 0 bridgehead atoms. The van der Waals surface area contributed by atoms with Gasteiger partial charge < -0.3 is 14.6 Å². The van der Waals surface area contributed by atoms with Crippen LogP contribution in [0.3, 0.4) is 0 Å². The zero-order chi connectivity index (χ0) is 12.8. The summed E-state index contributed by atoms with van der Waals surface area (Å²) in [7, 11) is 0. The van der Waals surface area contributed by atoms with Crippen LogP contribution in [0.5, 0.6) is 0 Å². The minimum atomic E-state index is -0.337. The Hall–Kier alpha value is -1.01. The van der Waals surface area contributed by atoms with Gasteiger partial charge in [0.05, 0.1) is 12.8 Å². The van der Waals surface area contributed by atoms with Crippen molar-refractivity contribution in [3.05, 3.63) is 11.9 Å². The molecule has 0 amide bonds. The third kappa shape index (κ3) is 3.74. The second kappa shape index (κ2) is 6.80. The molecule has 0 unspecified atom stereocenters. The number of nitrogens with one attached hydrogen (secondary N) is 1. The number of rotatable bonds is 6. The highest BCUT2D eigenvalue weighted by molar-refractivity contribution is 7.99. The smallest absolute Gasteiger partial charge is 0.356 e. The van der Waals surface area contributed by atoms with Crippen molar-refractivity contribution in [2.24, 2.45) is 0 Å². The number of carbonyl (C=O) groups is 1. The molecule has 1 N–H and O–H groups in total. The normalized spacial score (nSPS) is 16.1. The standard InChI is InChI=1S/C12H19N3O2S/c1-2-17-11(16)10-9-13-12(14-10)18-8-7-15-5-3-4-6-15/h9H,2-8H2,1H3,(H,13,14). The molecule has 5 nitrogen and oxygen atoms in total. The number of thioether (sulfide) groups is 1. The molecule has 0 aliphatic carbocycles. The third-order valence-electron chi connectivity index (χ3n) is 2.89. The van der Waals surface area contributed by atoms with Crippen molar-refractivity contribution >= 4 is 17.7 Å². The second-order valence-corrected chi connectivity index (χ2v) is 5.30. The summed E-state index contributed by atoms with van der Waals surface area (Å²) in [6.45, 7) is 5.69. The van der Waals surface area contributed by atoms with E-state index in [1.54, 1.807) is 18.7 Å². The molecule has 6 heteroatoms. The fourth-order valence-electron chi connectivity index (χ4n) is 1.97. The molecule has 1 aromatic heterocycles. The van der Waals surface area contributed by atoms with E-state index in [2.05, 4.69) is 14.9 Å². The molecule has 1 aliphatic heterocycles. The summed E-state index contributed by atoms with van der Waals surface area (Å²) < 4.78 is 4.90. The lowest BCUT2D eigenvalue weighted by atomic mass is 10.4. The Morgan fingerprint density at radius 1 is 1.56 bits per heavy atom. The van der Waals surface area contributed by atoms with Crippen molar-refractivity contribution in [1.82, 2.24) is 14.9 Å². The van der Waals surface area contributed by atoms with Gasteiger partial charge in [0.1, 0.15) is 5.69 Å². The van der Waals surface area contributed by atoms with Gasteiger partial charge in [0.25, 0.3) is 0 Å². The van der Waals surface area contributed by atoms with E-state index < -0.39 is 0 Å². The molecule has 2 heterocycles. The lowest BCUT2D eigenvalue weighted by Gasteiger charge is -2.12. The molecule has 1 aromatic rings. The van der Waals surface area contributed by atoms with Crippen LogP contribution in [0.25, 0.3) is 0 Å². The van der Waals surface area contributed by atoms with Gasteiger partial charge in [0.2, 0.25) is 0 Å². The number of aromatic amines is 1. The van der Waals surface area contributed by atoms with E-state index in [9.17, 15) is 4.79 Å². The predicted octanol–water partition coefficient (Wildman–Crippen LogP) is 1.77. The van der Waals surface area contributed by atoms with Crippen molar-refractivity contribution in [1.29, 1.82) is 0 Å². The quantitative estimate of drug-likeness (QED) is 0.630. The van der Waals surface area contributed by atoms with Crippen LogP contribution in [0.15, 0.2) is 11.4 Å². The first kappa shape index (κ1) is 13.4. The van der Waals surface area contributed by atoms with Gasteiger partial charge in [-0.25, -0.2) is 9.78 Å². The number of imidazole rings is 1. The number of likely N-dealkylation sites (tertiary alicyclic amines) is 1. The minimum Gasteiger partial charge on any atom is -0.461 e. The Morgan fingerprint density at radius 3 is 3.06 bits per heavy atom. The van der Waals surface area contributed by atoms with Crippen LogP contribution in [0.4, 0.5) is 0 Å². The lowest BCUT2D eigenvalue weighted by Crippen LogP contribution is -2.21. The molecule has 1 saturated heterocycles. The predicted molar refractivity (Wildman–Crippen MR) is 70.9 cm³/mol. The highest BCUT2D eigenvalue weighted by Gasteiger charge is 2.13. The Bertz CT molecular complexity index is 388. The zero-order valence-electron chi connectivity index (χ0n) is 10.6. The maximum absolute atomic E-state index is 11.4. The zero-order valence-corrected chi connectivity index (χ0v) is 11.5. The molecule has 100 valence electrons. The van der Waals surface area contributed by atoms with Gasteiger partial charge in [-0.2, -0.15) is 0 Å². The van der Waals surface area contributed by atoms with Crippen LogP contribution in [0.1, 0.15) is 30.3 Å². The van der Waals surface area contributed by atoms with Crippen molar-refractivity contribution in [3.8, 4) is 0 Å². The second-order valence-electron chi connectivity index (χ2n) is 4.22. The Morgan fingerprint density at radius 2 is 2.33 bits per heavy atom. The van der Waals surface area contributed by atoms with Crippen LogP contribution < -0.4 is 0 Å². The molecule has 0 spiro atoms. The number of aromatic nitrogens is 2. The summed E-state index contributed by atoms with van der Waals surface area (Å²) >= 11 is 1.65. The number of hydrogen-bond acceptors (Lipinski definition) is 5. The molecular weight excluding hydrogens is 250 g/mol. The third-order valence-corrected chi connectivity index (χ3v) is 3.76. The molecule has 0 saturated carbocycles. The first-order valence-corrected chi connectivity index (χ1v) is 7.35. The number of carbonyl (C=O) groups excluding carboxylic acids is 1. The molecular formula is C12H19N3O2S. The SMILES string of the molecule is CCOC(=O)c1cnc(SCCN2CCCC2)[nH]1. The van der Waals surface area contributed by atoms with E-state index in [0.29, 0.717) is 12.3 Å². The van der Waals surface area contributed by atoms with Crippen LogP contribution in [0.2, 0.25) is 0 Å². The summed E-state index contributed by atoms with van der Waals surface area (Å²) in [6.07, 6.45) is 4.17. The summed E-state index contributed by atoms with van der Waals surface area (Å²) in [5.41, 5.74) is 0.431. The first-order valence-electron chi connectivity index (χ1n) is 6.37. The minimum absolute atomic E-state index is 0.337. The largest absolute Gasteiger partial charge is 0.461 e. The van der Waals surface area contributed by atoms with Gasteiger partial charge in [0, 0.05) is 12.3 Å². The van der Waals surface area contributed by atoms with E-state index in [-0.39, 0.29) is 5.97 Å². The topological polar surface area (TPSA) is 58.2 Å². The summed E-state index contributed by atoms with van der Waals surface area (Å²) in [5.74, 6) is 0.659.